The molecule has 1 amide bonds. The third kappa shape index (κ3) is 4.63. The number of nitrogens with one attached hydrogen (secondary N) is 1. The Morgan fingerprint density at radius 1 is 1.31 bits per heavy atom. The minimum Gasteiger partial charge on any atom is -0.497 e. The maximum atomic E-state index is 12.8. The second-order valence-corrected chi connectivity index (χ2v) is 9.31. The number of carbonyl (C=O) groups excluding carboxylic acids is 1. The molecule has 1 aromatic heterocycles. The van der Waals surface area contributed by atoms with E-state index in [9.17, 15) is 10.1 Å². The lowest BCUT2D eigenvalue weighted by Gasteiger charge is -2.21. The fourth-order valence-corrected chi connectivity index (χ4v) is 5.40. The number of nitriles is 1. The summed E-state index contributed by atoms with van der Waals surface area (Å²) in [7, 11) is 1.66. The van der Waals surface area contributed by atoms with E-state index in [1.165, 1.54) is 10.4 Å². The molecule has 1 atom stereocenters. The van der Waals surface area contributed by atoms with Gasteiger partial charge in [-0.15, -0.1) is 11.3 Å². The van der Waals surface area contributed by atoms with E-state index in [1.54, 1.807) is 18.4 Å². The van der Waals surface area contributed by atoms with Crippen molar-refractivity contribution in [1.82, 2.24) is 4.90 Å². The molecule has 0 bridgehead atoms. The van der Waals surface area contributed by atoms with E-state index in [0.29, 0.717) is 24.1 Å². The van der Waals surface area contributed by atoms with E-state index in [0.717, 1.165) is 55.0 Å². The number of benzene rings is 1. The molecule has 1 heterocycles. The van der Waals surface area contributed by atoms with Gasteiger partial charge >= 0.3 is 0 Å². The van der Waals surface area contributed by atoms with Crippen molar-refractivity contribution in [1.29, 1.82) is 5.26 Å². The summed E-state index contributed by atoms with van der Waals surface area (Å²) in [5.41, 5.74) is 3.00. The highest BCUT2D eigenvalue weighted by Crippen LogP contribution is 2.39. The molecular formula is C23H27N3O2S. The zero-order valence-corrected chi connectivity index (χ0v) is 17.8. The Labute approximate surface area is 176 Å². The number of carbonyl (C=O) groups is 1. The van der Waals surface area contributed by atoms with Gasteiger partial charge in [-0.1, -0.05) is 19.1 Å². The minimum absolute atomic E-state index is 0.0337. The second-order valence-electron chi connectivity index (χ2n) is 8.20. The number of anilines is 1. The molecule has 152 valence electrons. The summed E-state index contributed by atoms with van der Waals surface area (Å²) in [5.74, 6) is 1.45. The molecule has 2 aromatic rings. The van der Waals surface area contributed by atoms with Gasteiger partial charge in [-0.25, -0.2) is 0 Å². The topological polar surface area (TPSA) is 65.4 Å². The number of ether oxygens (including phenoxy) is 1. The van der Waals surface area contributed by atoms with Crippen molar-refractivity contribution in [3.63, 3.8) is 0 Å². The van der Waals surface area contributed by atoms with Gasteiger partial charge in [0.25, 0.3) is 0 Å². The van der Waals surface area contributed by atoms with Crippen LogP contribution >= 0.6 is 11.3 Å². The molecule has 5 nitrogen and oxygen atoms in total. The molecule has 6 heteroatoms. The molecule has 0 unspecified atom stereocenters. The first kappa shape index (κ1) is 19.9. The van der Waals surface area contributed by atoms with Gasteiger partial charge < -0.3 is 10.1 Å². The average Bonchev–Trinajstić information content (AvgIpc) is 3.50. The zero-order chi connectivity index (χ0) is 20.4. The van der Waals surface area contributed by atoms with Crippen molar-refractivity contribution in [2.24, 2.45) is 5.92 Å². The van der Waals surface area contributed by atoms with Gasteiger partial charge in [-0.3, -0.25) is 9.69 Å². The van der Waals surface area contributed by atoms with Gasteiger partial charge in [0, 0.05) is 17.5 Å². The van der Waals surface area contributed by atoms with Crippen LogP contribution in [0.4, 0.5) is 5.00 Å². The molecule has 1 fully saturated rings. The van der Waals surface area contributed by atoms with Crippen molar-refractivity contribution < 1.29 is 9.53 Å². The van der Waals surface area contributed by atoms with Gasteiger partial charge in [0.1, 0.15) is 16.8 Å². The SMILES string of the molecule is COc1ccc(CN(CC(=O)Nc2sc3c(c2C#N)CC[C@@H](C)C3)C2CC2)cc1. The molecular weight excluding hydrogens is 382 g/mol. The van der Waals surface area contributed by atoms with Gasteiger partial charge in [0.15, 0.2) is 0 Å². The van der Waals surface area contributed by atoms with E-state index in [-0.39, 0.29) is 5.91 Å². The fourth-order valence-electron chi connectivity index (χ4n) is 4.03. The van der Waals surface area contributed by atoms with Crippen LogP contribution in [0.5, 0.6) is 5.75 Å². The maximum Gasteiger partial charge on any atom is 0.239 e. The molecule has 1 saturated carbocycles. The molecule has 0 spiro atoms. The van der Waals surface area contributed by atoms with Crippen LogP contribution in [-0.4, -0.2) is 30.5 Å². The van der Waals surface area contributed by atoms with Crippen molar-refractivity contribution in [2.45, 2.75) is 51.6 Å². The van der Waals surface area contributed by atoms with E-state index < -0.39 is 0 Å². The highest BCUT2D eigenvalue weighted by atomic mass is 32.1. The van der Waals surface area contributed by atoms with Crippen LogP contribution in [0.3, 0.4) is 0 Å². The predicted octanol–water partition coefficient (Wildman–Crippen LogP) is 4.36. The molecule has 0 aliphatic heterocycles. The largest absolute Gasteiger partial charge is 0.497 e. The highest BCUT2D eigenvalue weighted by Gasteiger charge is 2.31. The molecule has 0 radical (unpaired) electrons. The number of hydrogen-bond donors (Lipinski definition) is 1. The van der Waals surface area contributed by atoms with Crippen LogP contribution in [0, 0.1) is 17.2 Å². The first-order chi connectivity index (χ1) is 14.1. The van der Waals surface area contributed by atoms with Crippen molar-refractivity contribution in [3.8, 4) is 11.8 Å². The normalized spacial score (nSPS) is 18.2. The molecule has 4 rings (SSSR count). The van der Waals surface area contributed by atoms with Crippen LogP contribution in [0.25, 0.3) is 0 Å². The summed E-state index contributed by atoms with van der Waals surface area (Å²) in [6.45, 7) is 3.34. The Balaban J connectivity index is 1.43. The molecule has 1 aromatic carbocycles. The Morgan fingerprint density at radius 2 is 2.07 bits per heavy atom. The Hall–Kier alpha value is -2.36. The lowest BCUT2D eigenvalue weighted by molar-refractivity contribution is -0.117. The van der Waals surface area contributed by atoms with Crippen molar-refractivity contribution in [3.05, 3.63) is 45.8 Å². The lowest BCUT2D eigenvalue weighted by Crippen LogP contribution is -2.34. The summed E-state index contributed by atoms with van der Waals surface area (Å²) in [6.07, 6.45) is 5.34. The van der Waals surface area contributed by atoms with E-state index in [2.05, 4.69) is 23.2 Å². The fraction of sp³-hybridized carbons (Fsp3) is 0.478. The molecule has 2 aliphatic carbocycles. The average molecular weight is 410 g/mol. The molecule has 0 saturated heterocycles. The zero-order valence-electron chi connectivity index (χ0n) is 17.0. The molecule has 2 aliphatic rings. The number of hydrogen-bond acceptors (Lipinski definition) is 5. The van der Waals surface area contributed by atoms with Crippen LogP contribution < -0.4 is 10.1 Å². The van der Waals surface area contributed by atoms with E-state index >= 15 is 0 Å². The van der Waals surface area contributed by atoms with Crippen LogP contribution in [-0.2, 0) is 24.2 Å². The van der Waals surface area contributed by atoms with E-state index in [1.807, 2.05) is 24.3 Å². The van der Waals surface area contributed by atoms with Crippen LogP contribution in [0.15, 0.2) is 24.3 Å². The minimum atomic E-state index is -0.0337. The van der Waals surface area contributed by atoms with Crippen molar-refractivity contribution in [2.75, 3.05) is 19.0 Å². The Bertz CT molecular complexity index is 925. The smallest absolute Gasteiger partial charge is 0.239 e. The quantitative estimate of drug-likeness (QED) is 0.738. The first-order valence-electron chi connectivity index (χ1n) is 10.3. The van der Waals surface area contributed by atoms with Crippen LogP contribution in [0.2, 0.25) is 0 Å². The number of amides is 1. The van der Waals surface area contributed by atoms with Crippen molar-refractivity contribution >= 4 is 22.2 Å². The van der Waals surface area contributed by atoms with Gasteiger partial charge in [-0.05, 0) is 61.3 Å². The lowest BCUT2D eigenvalue weighted by atomic mass is 9.89. The number of methoxy groups -OCH3 is 1. The number of thiophene rings is 1. The highest BCUT2D eigenvalue weighted by molar-refractivity contribution is 7.16. The number of fused-ring (bicyclic) bond motifs is 1. The first-order valence-corrected chi connectivity index (χ1v) is 11.1. The summed E-state index contributed by atoms with van der Waals surface area (Å²) in [6, 6.07) is 10.8. The summed E-state index contributed by atoms with van der Waals surface area (Å²) >= 11 is 1.59. The van der Waals surface area contributed by atoms with E-state index in [4.69, 9.17) is 4.74 Å². The third-order valence-corrected chi connectivity index (χ3v) is 7.00. The van der Waals surface area contributed by atoms with Crippen LogP contribution in [0.1, 0.15) is 47.8 Å². The standard InChI is InChI=1S/C23H27N3O2S/c1-15-3-10-19-20(12-24)23(29-21(19)11-15)25-22(27)14-26(17-6-7-17)13-16-4-8-18(28-2)9-5-16/h4-5,8-9,15,17H,3,6-7,10-11,13-14H2,1-2H3,(H,25,27)/t15-/m1/s1. The summed E-state index contributed by atoms with van der Waals surface area (Å²) in [5, 5.41) is 13.4. The number of rotatable bonds is 7. The molecule has 29 heavy (non-hydrogen) atoms. The molecule has 1 N–H and O–H groups in total. The Morgan fingerprint density at radius 3 is 2.72 bits per heavy atom. The number of nitrogens with zero attached hydrogens (tertiary/aromatic N) is 2. The van der Waals surface area contributed by atoms with Gasteiger partial charge in [0.2, 0.25) is 5.91 Å². The summed E-state index contributed by atoms with van der Waals surface area (Å²) in [4.78, 5) is 16.3. The maximum absolute atomic E-state index is 12.8. The predicted molar refractivity (Wildman–Crippen MR) is 115 cm³/mol. The second kappa shape index (κ2) is 8.56. The monoisotopic (exact) mass is 409 g/mol. The Kier molecular flexibility index (Phi) is 5.89. The van der Waals surface area contributed by atoms with Gasteiger partial charge in [-0.2, -0.15) is 5.26 Å². The van der Waals surface area contributed by atoms with Gasteiger partial charge in [0.05, 0.1) is 19.2 Å². The third-order valence-electron chi connectivity index (χ3n) is 5.83. The summed E-state index contributed by atoms with van der Waals surface area (Å²) < 4.78 is 5.22.